The van der Waals surface area contributed by atoms with Crippen LogP contribution in [0.3, 0.4) is 0 Å². The summed E-state index contributed by atoms with van der Waals surface area (Å²) in [4.78, 5) is 0. The van der Waals surface area contributed by atoms with Crippen LogP contribution in [0.25, 0.3) is 0 Å². The van der Waals surface area contributed by atoms with Crippen molar-refractivity contribution in [3.8, 4) is 5.75 Å². The van der Waals surface area contributed by atoms with Crippen LogP contribution in [0.5, 0.6) is 5.75 Å². The maximum atomic E-state index is 9.12. The van der Waals surface area contributed by atoms with Gasteiger partial charge in [-0.1, -0.05) is 19.1 Å². The largest absolute Gasteiger partial charge is 0.508 e. The normalized spacial score (nSPS) is 12.7. The van der Waals surface area contributed by atoms with Gasteiger partial charge in [0.25, 0.3) is 0 Å². The fourth-order valence-electron chi connectivity index (χ4n) is 1.16. The lowest BCUT2D eigenvalue weighted by atomic mass is 10.3. The molecule has 0 heterocycles. The average molecular weight is 212 g/mol. The third-order valence-electron chi connectivity index (χ3n) is 1.85. The minimum Gasteiger partial charge on any atom is -0.508 e. The Morgan fingerprint density at radius 1 is 1.29 bits per heavy atom. The molecule has 3 nitrogen and oxygen atoms in total. The monoisotopic (exact) mass is 212 g/mol. The molecule has 1 aromatic carbocycles. The van der Waals surface area contributed by atoms with Crippen molar-refractivity contribution in [1.29, 1.82) is 0 Å². The summed E-state index contributed by atoms with van der Waals surface area (Å²) in [6, 6.07) is 7.02. The quantitative estimate of drug-likeness (QED) is 0.737. The van der Waals surface area contributed by atoms with E-state index in [9.17, 15) is 0 Å². The van der Waals surface area contributed by atoms with Gasteiger partial charge in [0, 0.05) is 13.7 Å². The van der Waals surface area contributed by atoms with Gasteiger partial charge in [-0.15, -0.1) is 0 Å². The van der Waals surface area contributed by atoms with Crippen LogP contribution >= 0.6 is 0 Å². The molecular formula is C10H16O3Si. The molecule has 0 aliphatic carbocycles. The van der Waals surface area contributed by atoms with Crippen LogP contribution in [0.2, 0.25) is 0 Å². The van der Waals surface area contributed by atoms with Gasteiger partial charge in [0.15, 0.2) is 0 Å². The molecule has 0 spiro atoms. The van der Waals surface area contributed by atoms with Crippen molar-refractivity contribution >= 4 is 14.5 Å². The first-order chi connectivity index (χ1) is 6.77. The molecule has 0 saturated heterocycles. The molecule has 0 aliphatic heterocycles. The van der Waals surface area contributed by atoms with Crippen molar-refractivity contribution in [3.05, 3.63) is 24.3 Å². The number of hydrogen-bond acceptors (Lipinski definition) is 3. The van der Waals surface area contributed by atoms with Crippen LogP contribution in [-0.4, -0.2) is 28.1 Å². The summed E-state index contributed by atoms with van der Waals surface area (Å²) in [5.74, 6) is 0.271. The summed E-state index contributed by atoms with van der Waals surface area (Å²) < 4.78 is 10.9. The Kier molecular flexibility index (Phi) is 4.65. The van der Waals surface area contributed by atoms with Gasteiger partial charge in [0.1, 0.15) is 5.75 Å². The van der Waals surface area contributed by atoms with Crippen LogP contribution in [0, 0.1) is 0 Å². The number of hydrogen-bond donors (Lipinski definition) is 1. The van der Waals surface area contributed by atoms with Crippen molar-refractivity contribution in [2.75, 3.05) is 13.7 Å². The van der Waals surface area contributed by atoms with Crippen LogP contribution in [0.4, 0.5) is 0 Å². The topological polar surface area (TPSA) is 38.7 Å². The van der Waals surface area contributed by atoms with Crippen LogP contribution < -0.4 is 5.19 Å². The van der Waals surface area contributed by atoms with E-state index in [1.54, 1.807) is 19.2 Å². The highest BCUT2D eigenvalue weighted by Gasteiger charge is 2.13. The molecule has 0 bridgehead atoms. The van der Waals surface area contributed by atoms with E-state index < -0.39 is 9.28 Å². The minimum absolute atomic E-state index is 0.271. The average Bonchev–Trinajstić information content (AvgIpc) is 2.21. The SMILES string of the molecule is CCCO[SiH](OC)c1ccc(O)cc1. The highest BCUT2D eigenvalue weighted by Crippen LogP contribution is 2.04. The fourth-order valence-corrected chi connectivity index (χ4v) is 2.71. The minimum atomic E-state index is -1.72. The molecule has 0 aromatic heterocycles. The Bertz CT molecular complexity index is 261. The highest BCUT2D eigenvalue weighted by atomic mass is 28.3. The number of rotatable bonds is 5. The maximum Gasteiger partial charge on any atom is 0.355 e. The van der Waals surface area contributed by atoms with Gasteiger partial charge in [-0.05, 0) is 23.7 Å². The third-order valence-corrected chi connectivity index (χ3v) is 3.75. The summed E-state index contributed by atoms with van der Waals surface area (Å²) in [6.07, 6.45) is 0.991. The van der Waals surface area contributed by atoms with E-state index in [0.29, 0.717) is 0 Å². The Hall–Kier alpha value is -0.843. The third kappa shape index (κ3) is 3.14. The van der Waals surface area contributed by atoms with Gasteiger partial charge < -0.3 is 14.0 Å². The molecular weight excluding hydrogens is 196 g/mol. The zero-order chi connectivity index (χ0) is 10.4. The number of phenolic OH excluding ortho intramolecular Hbond substituents is 1. The Balaban J connectivity index is 2.64. The van der Waals surface area contributed by atoms with Crippen molar-refractivity contribution in [1.82, 2.24) is 0 Å². The zero-order valence-electron chi connectivity index (χ0n) is 8.56. The van der Waals surface area contributed by atoms with Gasteiger partial charge in [-0.25, -0.2) is 0 Å². The fraction of sp³-hybridized carbons (Fsp3) is 0.400. The molecule has 1 unspecified atom stereocenters. The molecule has 78 valence electrons. The van der Waals surface area contributed by atoms with Gasteiger partial charge in [-0.2, -0.15) is 0 Å². The second-order valence-corrected chi connectivity index (χ2v) is 5.17. The Labute approximate surface area is 86.1 Å². The molecule has 1 atom stereocenters. The summed E-state index contributed by atoms with van der Waals surface area (Å²) in [5.41, 5.74) is 0. The molecule has 14 heavy (non-hydrogen) atoms. The van der Waals surface area contributed by atoms with E-state index in [4.69, 9.17) is 14.0 Å². The number of benzene rings is 1. The molecule has 0 saturated carbocycles. The van der Waals surface area contributed by atoms with Crippen LogP contribution in [0.1, 0.15) is 13.3 Å². The molecule has 1 aromatic rings. The highest BCUT2D eigenvalue weighted by molar-refractivity contribution is 6.61. The van der Waals surface area contributed by atoms with E-state index in [2.05, 4.69) is 6.92 Å². The molecule has 1 N–H and O–H groups in total. The second-order valence-electron chi connectivity index (χ2n) is 3.03. The van der Waals surface area contributed by atoms with Crippen molar-refractivity contribution in [3.63, 3.8) is 0 Å². The predicted molar refractivity (Wildman–Crippen MR) is 58.1 cm³/mol. The van der Waals surface area contributed by atoms with Crippen molar-refractivity contribution in [2.24, 2.45) is 0 Å². The summed E-state index contributed by atoms with van der Waals surface area (Å²) in [5, 5.41) is 10.2. The van der Waals surface area contributed by atoms with Crippen LogP contribution in [-0.2, 0) is 8.85 Å². The van der Waals surface area contributed by atoms with E-state index in [1.165, 1.54) is 0 Å². The lowest BCUT2D eigenvalue weighted by Gasteiger charge is -2.13. The first kappa shape index (κ1) is 11.2. The lowest BCUT2D eigenvalue weighted by molar-refractivity contribution is 0.241. The molecule has 4 heteroatoms. The van der Waals surface area contributed by atoms with E-state index >= 15 is 0 Å². The maximum absolute atomic E-state index is 9.12. The van der Waals surface area contributed by atoms with Crippen LogP contribution in [0.15, 0.2) is 24.3 Å². The molecule has 0 radical (unpaired) electrons. The van der Waals surface area contributed by atoms with Gasteiger partial charge in [0.2, 0.25) is 0 Å². The molecule has 0 fully saturated rings. The lowest BCUT2D eigenvalue weighted by Crippen LogP contribution is -2.35. The standard InChI is InChI=1S/C10H16O3Si/c1-3-8-13-14(12-2)10-6-4-9(11)5-7-10/h4-7,11,14H,3,8H2,1-2H3. The number of aromatic hydroxyl groups is 1. The molecule has 1 rings (SSSR count). The first-order valence-corrected chi connectivity index (χ1v) is 6.23. The predicted octanol–water partition coefficient (Wildman–Crippen LogP) is 0.893. The molecule has 0 amide bonds. The number of phenols is 1. The second kappa shape index (κ2) is 5.80. The first-order valence-electron chi connectivity index (χ1n) is 4.71. The smallest absolute Gasteiger partial charge is 0.355 e. The van der Waals surface area contributed by atoms with Gasteiger partial charge in [-0.3, -0.25) is 0 Å². The molecule has 0 aliphatic rings. The van der Waals surface area contributed by atoms with E-state index in [-0.39, 0.29) is 5.75 Å². The van der Waals surface area contributed by atoms with Gasteiger partial charge in [0.05, 0.1) is 0 Å². The Morgan fingerprint density at radius 3 is 2.43 bits per heavy atom. The summed E-state index contributed by atoms with van der Waals surface area (Å²) in [7, 11) is -0.0546. The van der Waals surface area contributed by atoms with E-state index in [0.717, 1.165) is 18.2 Å². The van der Waals surface area contributed by atoms with Crippen molar-refractivity contribution < 1.29 is 14.0 Å². The van der Waals surface area contributed by atoms with Crippen molar-refractivity contribution in [2.45, 2.75) is 13.3 Å². The van der Waals surface area contributed by atoms with E-state index in [1.807, 2.05) is 12.1 Å². The zero-order valence-corrected chi connectivity index (χ0v) is 9.72. The van der Waals surface area contributed by atoms with Gasteiger partial charge >= 0.3 is 9.28 Å². The summed E-state index contributed by atoms with van der Waals surface area (Å²) in [6.45, 7) is 2.80. The summed E-state index contributed by atoms with van der Waals surface area (Å²) >= 11 is 0. The Morgan fingerprint density at radius 2 is 1.93 bits per heavy atom.